The molecule has 2 N–H and O–H groups in total. The monoisotopic (exact) mass is 257 g/mol. The average Bonchev–Trinajstić information content (AvgIpc) is 2.68. The minimum absolute atomic E-state index is 0.624. The predicted molar refractivity (Wildman–Crippen MR) is 62.3 cm³/mol. The number of hydrogen-bond donors (Lipinski definition) is 2. The molecule has 0 saturated heterocycles. The van der Waals surface area contributed by atoms with E-state index in [-0.39, 0.29) is 0 Å². The van der Waals surface area contributed by atoms with Gasteiger partial charge in [0.15, 0.2) is 0 Å². The number of rotatable bonds is 3. The van der Waals surface area contributed by atoms with Gasteiger partial charge in [0, 0.05) is 22.1 Å². The van der Waals surface area contributed by atoms with E-state index in [4.69, 9.17) is 20.9 Å². The summed E-state index contributed by atoms with van der Waals surface area (Å²) in [7, 11) is 0. The van der Waals surface area contributed by atoms with Gasteiger partial charge in [-0.05, 0) is 12.1 Å². The number of aromatic amines is 1. The van der Waals surface area contributed by atoms with E-state index in [1.54, 1.807) is 18.3 Å². The highest BCUT2D eigenvalue weighted by molar-refractivity contribution is 7.95. The van der Waals surface area contributed by atoms with Crippen LogP contribution in [0.5, 0.6) is 0 Å². The molecule has 0 radical (unpaired) electrons. The summed E-state index contributed by atoms with van der Waals surface area (Å²) in [4.78, 5) is 14.6. The molecule has 1 aromatic heterocycles. The molecule has 0 atom stereocenters. The summed E-state index contributed by atoms with van der Waals surface area (Å²) >= 11 is 6.74. The summed E-state index contributed by atoms with van der Waals surface area (Å²) in [5, 5.41) is 10.1. The maximum Gasteiger partial charge on any atom is 0.344 e. The maximum atomic E-state index is 10.8. The van der Waals surface area contributed by atoms with E-state index >= 15 is 0 Å². The number of aliphatic hydroxyl groups excluding tert-OH is 1. The van der Waals surface area contributed by atoms with E-state index in [0.29, 0.717) is 5.02 Å². The molecule has 0 saturated carbocycles. The zero-order valence-electron chi connectivity index (χ0n) is 8.07. The molecule has 0 unspecified atom stereocenters. The van der Waals surface area contributed by atoms with Crippen LogP contribution in [0.15, 0.2) is 29.3 Å². The summed E-state index contributed by atoms with van der Waals surface area (Å²) in [6.45, 7) is -0.624. The Labute approximate surface area is 101 Å². The molecular formula is C10H8ClNO3S. The van der Waals surface area contributed by atoms with E-state index in [1.807, 2.05) is 6.07 Å². The van der Waals surface area contributed by atoms with Crippen LogP contribution in [0, 0.1) is 0 Å². The Balaban J connectivity index is 2.22. The SMILES string of the molecule is O=C(CO)OSc1c[nH]c2cc(Cl)ccc12. The van der Waals surface area contributed by atoms with E-state index < -0.39 is 12.6 Å². The lowest BCUT2D eigenvalue weighted by molar-refractivity contribution is -0.136. The number of carbonyl (C=O) groups excluding carboxylic acids is 1. The molecule has 0 aliphatic rings. The number of halogens is 1. The van der Waals surface area contributed by atoms with Gasteiger partial charge in [-0.15, -0.1) is 0 Å². The standard InChI is InChI=1S/C10H8ClNO3S/c11-6-1-2-7-8(3-6)12-4-9(7)16-15-10(14)5-13/h1-4,12-13H,5H2. The molecule has 16 heavy (non-hydrogen) atoms. The lowest BCUT2D eigenvalue weighted by Gasteiger charge is -1.98. The van der Waals surface area contributed by atoms with E-state index in [1.165, 1.54) is 0 Å². The van der Waals surface area contributed by atoms with Crippen molar-refractivity contribution in [2.45, 2.75) is 4.90 Å². The van der Waals surface area contributed by atoms with Crippen LogP contribution in [0.4, 0.5) is 0 Å². The molecule has 84 valence electrons. The largest absolute Gasteiger partial charge is 0.385 e. The van der Waals surface area contributed by atoms with Gasteiger partial charge in [-0.2, -0.15) is 0 Å². The molecule has 4 nitrogen and oxygen atoms in total. The van der Waals surface area contributed by atoms with Gasteiger partial charge in [-0.1, -0.05) is 17.7 Å². The first kappa shape index (κ1) is 11.3. The zero-order chi connectivity index (χ0) is 11.5. The van der Waals surface area contributed by atoms with Gasteiger partial charge in [0.05, 0.1) is 16.9 Å². The number of aromatic nitrogens is 1. The average molecular weight is 258 g/mol. The molecule has 1 heterocycles. The molecule has 1 aromatic carbocycles. The van der Waals surface area contributed by atoms with Crippen LogP contribution in [0.25, 0.3) is 10.9 Å². The molecule has 0 aliphatic heterocycles. The Kier molecular flexibility index (Phi) is 3.38. The van der Waals surface area contributed by atoms with Gasteiger partial charge < -0.3 is 14.3 Å². The number of aliphatic hydroxyl groups is 1. The second kappa shape index (κ2) is 4.78. The minimum Gasteiger partial charge on any atom is -0.385 e. The fourth-order valence-electron chi connectivity index (χ4n) is 1.26. The Morgan fingerprint density at radius 3 is 3.12 bits per heavy atom. The summed E-state index contributed by atoms with van der Waals surface area (Å²) < 4.78 is 4.75. The molecule has 0 fully saturated rings. The molecule has 2 rings (SSSR count). The van der Waals surface area contributed by atoms with Gasteiger partial charge >= 0.3 is 5.97 Å². The van der Waals surface area contributed by atoms with Gasteiger partial charge in [-0.3, -0.25) is 0 Å². The third-order valence-electron chi connectivity index (χ3n) is 1.96. The first-order valence-electron chi connectivity index (χ1n) is 4.45. The van der Waals surface area contributed by atoms with Gasteiger partial charge in [0.2, 0.25) is 0 Å². The number of benzene rings is 1. The van der Waals surface area contributed by atoms with Crippen molar-refractivity contribution in [2.24, 2.45) is 0 Å². The molecule has 0 spiro atoms. The summed E-state index contributed by atoms with van der Waals surface area (Å²) in [5.41, 5.74) is 0.870. The van der Waals surface area contributed by atoms with Crippen molar-refractivity contribution in [1.82, 2.24) is 4.98 Å². The minimum atomic E-state index is -0.673. The first-order chi connectivity index (χ1) is 7.70. The fourth-order valence-corrected chi connectivity index (χ4v) is 2.04. The van der Waals surface area contributed by atoms with Crippen LogP contribution in [0.2, 0.25) is 5.02 Å². The van der Waals surface area contributed by atoms with Crippen LogP contribution >= 0.6 is 23.6 Å². The third kappa shape index (κ3) is 2.32. The molecule has 6 heteroatoms. The van der Waals surface area contributed by atoms with E-state index in [2.05, 4.69) is 4.98 Å². The highest BCUT2D eigenvalue weighted by atomic mass is 35.5. The van der Waals surface area contributed by atoms with E-state index in [9.17, 15) is 4.79 Å². The summed E-state index contributed by atoms with van der Waals surface area (Å²) in [5.74, 6) is -0.673. The van der Waals surface area contributed by atoms with Crippen molar-refractivity contribution in [3.63, 3.8) is 0 Å². The Bertz CT molecular complexity index is 526. The molecule has 2 aromatic rings. The van der Waals surface area contributed by atoms with Crippen LogP contribution in [-0.2, 0) is 8.98 Å². The predicted octanol–water partition coefficient (Wildman–Crippen LogP) is 2.36. The lowest BCUT2D eigenvalue weighted by Crippen LogP contribution is -2.03. The van der Waals surface area contributed by atoms with E-state index in [0.717, 1.165) is 27.8 Å². The lowest BCUT2D eigenvalue weighted by atomic mass is 10.2. The first-order valence-corrected chi connectivity index (χ1v) is 5.57. The highest BCUT2D eigenvalue weighted by Gasteiger charge is 2.08. The van der Waals surface area contributed by atoms with Gasteiger partial charge in [-0.25, -0.2) is 4.79 Å². The molecule has 0 bridgehead atoms. The van der Waals surface area contributed by atoms with Crippen molar-refractivity contribution in [3.8, 4) is 0 Å². The molecular weight excluding hydrogens is 250 g/mol. The highest BCUT2D eigenvalue weighted by Crippen LogP contribution is 2.29. The van der Waals surface area contributed by atoms with Crippen molar-refractivity contribution >= 4 is 40.5 Å². The van der Waals surface area contributed by atoms with Crippen molar-refractivity contribution in [1.29, 1.82) is 0 Å². The van der Waals surface area contributed by atoms with Crippen molar-refractivity contribution < 1.29 is 14.1 Å². The number of fused-ring (bicyclic) bond motifs is 1. The second-order valence-electron chi connectivity index (χ2n) is 3.04. The van der Waals surface area contributed by atoms with Crippen LogP contribution in [0.1, 0.15) is 0 Å². The quantitative estimate of drug-likeness (QED) is 0.829. The number of hydrogen-bond acceptors (Lipinski definition) is 4. The van der Waals surface area contributed by atoms with Crippen LogP contribution in [-0.4, -0.2) is 22.7 Å². The number of nitrogens with one attached hydrogen (secondary N) is 1. The topological polar surface area (TPSA) is 62.3 Å². The molecule has 0 aliphatic carbocycles. The van der Waals surface area contributed by atoms with Gasteiger partial charge in [0.1, 0.15) is 6.61 Å². The summed E-state index contributed by atoms with van der Waals surface area (Å²) in [6.07, 6.45) is 1.72. The van der Waals surface area contributed by atoms with Crippen LogP contribution in [0.3, 0.4) is 0 Å². The normalized spacial score (nSPS) is 10.6. The Morgan fingerprint density at radius 1 is 1.56 bits per heavy atom. The van der Waals surface area contributed by atoms with Crippen molar-refractivity contribution in [2.75, 3.05) is 6.61 Å². The fraction of sp³-hybridized carbons (Fsp3) is 0.100. The van der Waals surface area contributed by atoms with Gasteiger partial charge in [0.25, 0.3) is 0 Å². The number of carbonyl (C=O) groups is 1. The van der Waals surface area contributed by atoms with Crippen molar-refractivity contribution in [3.05, 3.63) is 29.4 Å². The smallest absolute Gasteiger partial charge is 0.344 e. The zero-order valence-corrected chi connectivity index (χ0v) is 9.64. The maximum absolute atomic E-state index is 10.8. The third-order valence-corrected chi connectivity index (χ3v) is 2.98. The molecule has 0 amide bonds. The Hall–Kier alpha value is -1.17. The van der Waals surface area contributed by atoms with Crippen LogP contribution < -0.4 is 0 Å². The summed E-state index contributed by atoms with van der Waals surface area (Å²) in [6, 6.07) is 5.38. The second-order valence-corrected chi connectivity index (χ2v) is 4.25. The number of H-pyrrole nitrogens is 1. The Morgan fingerprint density at radius 2 is 2.38 bits per heavy atom.